The first-order chi connectivity index (χ1) is 9.41. The number of esters is 2. The van der Waals surface area contributed by atoms with Crippen molar-refractivity contribution >= 4 is 11.9 Å². The standard InChI is InChI=1S/C16H31NO4/c1-15(2,3)8-7-9-20-13(18)10-12(17)14(19)21-11-16(4,5)6/h12H,7-11,17H2,1-6H3. The quantitative estimate of drug-likeness (QED) is 0.577. The number of hydrogen-bond donors (Lipinski definition) is 1. The molecule has 1 atom stereocenters. The molecule has 0 spiro atoms. The number of carbonyl (C=O) groups excluding carboxylic acids is 2. The zero-order chi connectivity index (χ0) is 16.7. The molecule has 0 aliphatic carbocycles. The Morgan fingerprint density at radius 2 is 1.57 bits per heavy atom. The minimum atomic E-state index is -0.956. The first-order valence-corrected chi connectivity index (χ1v) is 7.48. The molecular formula is C16H31NO4. The van der Waals surface area contributed by atoms with Crippen molar-refractivity contribution in [1.82, 2.24) is 0 Å². The molecule has 0 saturated heterocycles. The van der Waals surface area contributed by atoms with E-state index in [4.69, 9.17) is 15.2 Å². The summed E-state index contributed by atoms with van der Waals surface area (Å²) >= 11 is 0. The first-order valence-electron chi connectivity index (χ1n) is 7.48. The number of ether oxygens (including phenoxy) is 2. The molecule has 124 valence electrons. The Hall–Kier alpha value is -1.10. The van der Waals surface area contributed by atoms with E-state index in [0.717, 1.165) is 12.8 Å². The lowest BCUT2D eigenvalue weighted by Gasteiger charge is -2.19. The molecule has 0 aliphatic heterocycles. The second kappa shape index (κ2) is 8.37. The smallest absolute Gasteiger partial charge is 0.323 e. The van der Waals surface area contributed by atoms with Crippen molar-refractivity contribution < 1.29 is 19.1 Å². The fourth-order valence-corrected chi connectivity index (χ4v) is 1.50. The molecule has 0 bridgehead atoms. The van der Waals surface area contributed by atoms with Crippen LogP contribution in [-0.2, 0) is 19.1 Å². The van der Waals surface area contributed by atoms with Crippen molar-refractivity contribution in [3.8, 4) is 0 Å². The lowest BCUT2D eigenvalue weighted by molar-refractivity contribution is -0.153. The highest BCUT2D eigenvalue weighted by Crippen LogP contribution is 2.20. The third-order valence-electron chi connectivity index (χ3n) is 2.67. The minimum Gasteiger partial charge on any atom is -0.466 e. The van der Waals surface area contributed by atoms with Crippen LogP contribution in [0.25, 0.3) is 0 Å². The molecule has 0 amide bonds. The van der Waals surface area contributed by atoms with Crippen LogP contribution < -0.4 is 5.73 Å². The molecule has 21 heavy (non-hydrogen) atoms. The second-order valence-corrected chi connectivity index (χ2v) is 7.86. The third-order valence-corrected chi connectivity index (χ3v) is 2.67. The van der Waals surface area contributed by atoms with Crippen LogP contribution in [0.15, 0.2) is 0 Å². The molecule has 1 unspecified atom stereocenters. The SMILES string of the molecule is CC(C)(C)CCCOC(=O)CC(N)C(=O)OCC(C)(C)C. The van der Waals surface area contributed by atoms with Crippen LogP contribution in [0.3, 0.4) is 0 Å². The van der Waals surface area contributed by atoms with Gasteiger partial charge in [0, 0.05) is 0 Å². The third kappa shape index (κ3) is 12.4. The van der Waals surface area contributed by atoms with Gasteiger partial charge in [-0.2, -0.15) is 0 Å². The number of carbonyl (C=O) groups is 2. The van der Waals surface area contributed by atoms with Gasteiger partial charge in [-0.05, 0) is 23.7 Å². The van der Waals surface area contributed by atoms with Gasteiger partial charge in [0.2, 0.25) is 0 Å². The number of rotatable bonds is 7. The molecule has 0 aromatic rings. The van der Waals surface area contributed by atoms with Crippen LogP contribution in [-0.4, -0.2) is 31.2 Å². The summed E-state index contributed by atoms with van der Waals surface area (Å²) in [6.45, 7) is 12.9. The molecule has 5 heteroatoms. The van der Waals surface area contributed by atoms with Gasteiger partial charge in [0.05, 0.1) is 19.6 Å². The largest absolute Gasteiger partial charge is 0.466 e. The van der Waals surface area contributed by atoms with Crippen molar-refractivity contribution in [3.63, 3.8) is 0 Å². The van der Waals surface area contributed by atoms with Crippen LogP contribution >= 0.6 is 0 Å². The lowest BCUT2D eigenvalue weighted by Crippen LogP contribution is -2.36. The maximum absolute atomic E-state index is 11.6. The van der Waals surface area contributed by atoms with Crippen molar-refractivity contribution in [2.45, 2.75) is 66.8 Å². The van der Waals surface area contributed by atoms with Gasteiger partial charge in [-0.3, -0.25) is 9.59 Å². The molecule has 0 rings (SSSR count). The van der Waals surface area contributed by atoms with Gasteiger partial charge in [-0.1, -0.05) is 41.5 Å². The van der Waals surface area contributed by atoms with E-state index in [1.165, 1.54) is 0 Å². The molecule has 5 nitrogen and oxygen atoms in total. The maximum Gasteiger partial charge on any atom is 0.323 e. The fraction of sp³-hybridized carbons (Fsp3) is 0.875. The molecule has 2 N–H and O–H groups in total. The molecule has 0 aromatic heterocycles. The van der Waals surface area contributed by atoms with Gasteiger partial charge in [0.25, 0.3) is 0 Å². The summed E-state index contributed by atoms with van der Waals surface area (Å²) in [5, 5.41) is 0. The minimum absolute atomic E-state index is 0.122. The average molecular weight is 301 g/mol. The van der Waals surface area contributed by atoms with E-state index in [1.54, 1.807) is 0 Å². The van der Waals surface area contributed by atoms with Gasteiger partial charge in [0.15, 0.2) is 0 Å². The molecule has 0 aliphatic rings. The van der Waals surface area contributed by atoms with E-state index in [0.29, 0.717) is 6.61 Å². The van der Waals surface area contributed by atoms with Crippen LogP contribution in [0.1, 0.15) is 60.8 Å². The summed E-state index contributed by atoms with van der Waals surface area (Å²) in [5.74, 6) is -1.01. The summed E-state index contributed by atoms with van der Waals surface area (Å²) in [7, 11) is 0. The molecule has 0 aromatic carbocycles. The molecule has 0 saturated carbocycles. The summed E-state index contributed by atoms with van der Waals surface area (Å²) in [5.41, 5.74) is 5.75. The Morgan fingerprint density at radius 3 is 2.05 bits per heavy atom. The molecule has 0 radical (unpaired) electrons. The fourth-order valence-electron chi connectivity index (χ4n) is 1.50. The van der Waals surface area contributed by atoms with Gasteiger partial charge in [-0.15, -0.1) is 0 Å². The Morgan fingerprint density at radius 1 is 1.00 bits per heavy atom. The van der Waals surface area contributed by atoms with E-state index < -0.39 is 18.0 Å². The highest BCUT2D eigenvalue weighted by Gasteiger charge is 2.22. The maximum atomic E-state index is 11.6. The van der Waals surface area contributed by atoms with Crippen LogP contribution in [0.4, 0.5) is 0 Å². The van der Waals surface area contributed by atoms with Gasteiger partial charge < -0.3 is 15.2 Å². The summed E-state index contributed by atoms with van der Waals surface area (Å²) in [6.07, 6.45) is 1.64. The monoisotopic (exact) mass is 301 g/mol. The van der Waals surface area contributed by atoms with E-state index >= 15 is 0 Å². The molecular weight excluding hydrogens is 270 g/mol. The molecule has 0 fully saturated rings. The van der Waals surface area contributed by atoms with E-state index in [-0.39, 0.29) is 23.9 Å². The summed E-state index contributed by atoms with van der Waals surface area (Å²) in [4.78, 5) is 23.2. The number of nitrogens with two attached hydrogens (primary N) is 1. The predicted molar refractivity (Wildman–Crippen MR) is 82.7 cm³/mol. The summed E-state index contributed by atoms with van der Waals surface area (Å²) < 4.78 is 10.1. The zero-order valence-electron chi connectivity index (χ0n) is 14.3. The van der Waals surface area contributed by atoms with E-state index in [9.17, 15) is 9.59 Å². The Kier molecular flexibility index (Phi) is 7.93. The first kappa shape index (κ1) is 19.9. The molecule has 0 heterocycles. The predicted octanol–water partition coefficient (Wildman–Crippen LogP) is 2.66. The number of hydrogen-bond acceptors (Lipinski definition) is 5. The highest BCUT2D eigenvalue weighted by molar-refractivity contribution is 5.82. The zero-order valence-corrected chi connectivity index (χ0v) is 14.3. The summed E-state index contributed by atoms with van der Waals surface area (Å²) in [6, 6.07) is -0.956. The Balaban J connectivity index is 3.91. The highest BCUT2D eigenvalue weighted by atomic mass is 16.5. The van der Waals surface area contributed by atoms with E-state index in [2.05, 4.69) is 20.8 Å². The normalized spacial score (nSPS) is 13.7. The van der Waals surface area contributed by atoms with Crippen molar-refractivity contribution in [2.24, 2.45) is 16.6 Å². The Labute approximate surface area is 128 Å². The topological polar surface area (TPSA) is 78.6 Å². The van der Waals surface area contributed by atoms with Crippen LogP contribution in [0.2, 0.25) is 0 Å². The second-order valence-electron chi connectivity index (χ2n) is 7.86. The van der Waals surface area contributed by atoms with Gasteiger partial charge in [0.1, 0.15) is 6.04 Å². The van der Waals surface area contributed by atoms with Gasteiger partial charge in [-0.25, -0.2) is 0 Å². The van der Waals surface area contributed by atoms with Crippen LogP contribution in [0.5, 0.6) is 0 Å². The lowest BCUT2D eigenvalue weighted by atomic mass is 9.91. The van der Waals surface area contributed by atoms with E-state index in [1.807, 2.05) is 20.8 Å². The van der Waals surface area contributed by atoms with Gasteiger partial charge >= 0.3 is 11.9 Å². The van der Waals surface area contributed by atoms with Crippen molar-refractivity contribution in [1.29, 1.82) is 0 Å². The Bertz CT molecular complexity index is 339. The van der Waals surface area contributed by atoms with Crippen LogP contribution in [0, 0.1) is 10.8 Å². The average Bonchev–Trinajstić information content (AvgIpc) is 2.29. The van der Waals surface area contributed by atoms with Crippen molar-refractivity contribution in [2.75, 3.05) is 13.2 Å². The van der Waals surface area contributed by atoms with Crippen molar-refractivity contribution in [3.05, 3.63) is 0 Å².